The summed E-state index contributed by atoms with van der Waals surface area (Å²) in [5.74, 6) is 0.943. The molecular formula is C12H15NO4. The molecule has 1 fully saturated rings. The number of carbonyl (C=O) groups is 1. The molecule has 0 bridgehead atoms. The van der Waals surface area contributed by atoms with Gasteiger partial charge in [-0.25, -0.2) is 0 Å². The highest BCUT2D eigenvalue weighted by atomic mass is 16.5. The Balaban J connectivity index is 2.35. The zero-order valence-electron chi connectivity index (χ0n) is 9.84. The van der Waals surface area contributed by atoms with E-state index in [1.807, 2.05) is 0 Å². The average molecular weight is 237 g/mol. The Kier molecular flexibility index (Phi) is 3.19. The Morgan fingerprint density at radius 1 is 1.35 bits per heavy atom. The molecule has 1 atom stereocenters. The highest BCUT2D eigenvalue weighted by Crippen LogP contribution is 2.34. The highest BCUT2D eigenvalue weighted by Gasteiger charge is 2.32. The number of anilines is 1. The van der Waals surface area contributed by atoms with Gasteiger partial charge in [-0.3, -0.25) is 4.79 Å². The van der Waals surface area contributed by atoms with Gasteiger partial charge in [-0.05, 0) is 12.1 Å². The molecule has 1 N–H and O–H groups in total. The van der Waals surface area contributed by atoms with E-state index in [4.69, 9.17) is 9.47 Å². The van der Waals surface area contributed by atoms with Gasteiger partial charge in [0.05, 0.1) is 19.9 Å². The number of aliphatic hydroxyl groups is 1. The van der Waals surface area contributed by atoms with E-state index in [1.54, 1.807) is 25.3 Å². The van der Waals surface area contributed by atoms with Crippen LogP contribution in [-0.2, 0) is 4.79 Å². The van der Waals surface area contributed by atoms with Crippen LogP contribution in [-0.4, -0.2) is 37.9 Å². The van der Waals surface area contributed by atoms with E-state index in [-0.39, 0.29) is 5.91 Å². The van der Waals surface area contributed by atoms with Gasteiger partial charge in [-0.2, -0.15) is 0 Å². The maximum atomic E-state index is 11.7. The van der Waals surface area contributed by atoms with Crippen molar-refractivity contribution in [2.45, 2.75) is 12.5 Å². The van der Waals surface area contributed by atoms with Crippen molar-refractivity contribution in [1.82, 2.24) is 0 Å². The van der Waals surface area contributed by atoms with Crippen LogP contribution in [0.5, 0.6) is 11.5 Å². The van der Waals surface area contributed by atoms with Crippen LogP contribution in [0.15, 0.2) is 18.2 Å². The van der Waals surface area contributed by atoms with Crippen LogP contribution >= 0.6 is 0 Å². The lowest BCUT2D eigenvalue weighted by molar-refractivity contribution is -0.124. The van der Waals surface area contributed by atoms with Gasteiger partial charge in [0, 0.05) is 19.0 Å². The van der Waals surface area contributed by atoms with Gasteiger partial charge < -0.3 is 19.5 Å². The predicted octanol–water partition coefficient (Wildman–Crippen LogP) is 0.801. The van der Waals surface area contributed by atoms with Crippen molar-refractivity contribution in [2.24, 2.45) is 0 Å². The van der Waals surface area contributed by atoms with Crippen molar-refractivity contribution in [2.75, 3.05) is 25.7 Å². The molecule has 0 saturated carbocycles. The molecule has 1 aromatic rings. The van der Waals surface area contributed by atoms with Crippen LogP contribution in [0.2, 0.25) is 0 Å². The van der Waals surface area contributed by atoms with E-state index in [0.29, 0.717) is 30.2 Å². The topological polar surface area (TPSA) is 59.0 Å². The number of benzene rings is 1. The molecule has 1 unspecified atom stereocenters. The van der Waals surface area contributed by atoms with Crippen molar-refractivity contribution in [3.63, 3.8) is 0 Å². The molecule has 1 saturated heterocycles. The summed E-state index contributed by atoms with van der Waals surface area (Å²) in [7, 11) is 3.11. The fraction of sp³-hybridized carbons (Fsp3) is 0.417. The lowest BCUT2D eigenvalue weighted by atomic mass is 10.2. The van der Waals surface area contributed by atoms with E-state index >= 15 is 0 Å². The third kappa shape index (κ3) is 2.06. The number of amides is 1. The van der Waals surface area contributed by atoms with Crippen LogP contribution < -0.4 is 14.4 Å². The first-order chi connectivity index (χ1) is 8.17. The van der Waals surface area contributed by atoms with Crippen molar-refractivity contribution in [3.8, 4) is 11.5 Å². The van der Waals surface area contributed by atoms with Gasteiger partial charge in [-0.1, -0.05) is 0 Å². The summed E-state index contributed by atoms with van der Waals surface area (Å²) in [6, 6.07) is 5.23. The smallest absolute Gasteiger partial charge is 0.255 e. The molecule has 0 radical (unpaired) electrons. The van der Waals surface area contributed by atoms with Gasteiger partial charge >= 0.3 is 0 Å². The summed E-state index contributed by atoms with van der Waals surface area (Å²) in [5.41, 5.74) is 0.662. The van der Waals surface area contributed by atoms with Crippen molar-refractivity contribution in [3.05, 3.63) is 18.2 Å². The molecule has 0 spiro atoms. The second-order valence-electron chi connectivity index (χ2n) is 3.83. The molecule has 0 aliphatic carbocycles. The summed E-state index contributed by atoms with van der Waals surface area (Å²) in [5, 5.41) is 9.44. The van der Waals surface area contributed by atoms with Crippen LogP contribution in [0.1, 0.15) is 6.42 Å². The number of nitrogens with zero attached hydrogens (tertiary/aromatic N) is 1. The van der Waals surface area contributed by atoms with Crippen molar-refractivity contribution in [1.29, 1.82) is 0 Å². The summed E-state index contributed by atoms with van der Waals surface area (Å²) >= 11 is 0. The molecular weight excluding hydrogens is 222 g/mol. The number of aliphatic hydroxyl groups excluding tert-OH is 1. The quantitative estimate of drug-likeness (QED) is 0.844. The highest BCUT2D eigenvalue weighted by molar-refractivity contribution is 5.99. The second kappa shape index (κ2) is 4.63. The molecule has 17 heavy (non-hydrogen) atoms. The standard InChI is InChI=1S/C12H15NO4/c1-16-8-3-4-9(11(7-8)17-2)13-6-5-10(14)12(13)15/h3-4,7,10,14H,5-6H2,1-2H3. The molecule has 5 heteroatoms. The Morgan fingerprint density at radius 2 is 2.12 bits per heavy atom. The first-order valence-electron chi connectivity index (χ1n) is 5.39. The number of hydrogen-bond donors (Lipinski definition) is 1. The average Bonchev–Trinajstić information content (AvgIpc) is 2.69. The molecule has 1 aliphatic rings. The number of ether oxygens (including phenoxy) is 2. The lowest BCUT2D eigenvalue weighted by Crippen LogP contribution is -2.29. The van der Waals surface area contributed by atoms with Gasteiger partial charge in [-0.15, -0.1) is 0 Å². The van der Waals surface area contributed by atoms with Crippen molar-refractivity contribution < 1.29 is 19.4 Å². The number of rotatable bonds is 3. The fourth-order valence-corrected chi connectivity index (χ4v) is 1.91. The zero-order chi connectivity index (χ0) is 12.4. The zero-order valence-corrected chi connectivity index (χ0v) is 9.84. The number of hydrogen-bond acceptors (Lipinski definition) is 4. The summed E-state index contributed by atoms with van der Waals surface area (Å²) in [6.07, 6.45) is -0.449. The SMILES string of the molecule is COc1ccc(N2CCC(O)C2=O)c(OC)c1. The van der Waals surface area contributed by atoms with E-state index in [9.17, 15) is 9.90 Å². The Hall–Kier alpha value is -1.75. The van der Waals surface area contributed by atoms with Crippen LogP contribution in [0.25, 0.3) is 0 Å². The van der Waals surface area contributed by atoms with Gasteiger partial charge in [0.1, 0.15) is 17.6 Å². The van der Waals surface area contributed by atoms with E-state index in [2.05, 4.69) is 0 Å². The van der Waals surface area contributed by atoms with E-state index in [1.165, 1.54) is 12.0 Å². The second-order valence-corrected chi connectivity index (χ2v) is 3.83. The minimum Gasteiger partial charge on any atom is -0.497 e. The summed E-state index contributed by atoms with van der Waals surface area (Å²) < 4.78 is 10.3. The van der Waals surface area contributed by atoms with Crippen LogP contribution in [0.4, 0.5) is 5.69 Å². The normalized spacial score (nSPS) is 19.6. The monoisotopic (exact) mass is 237 g/mol. The molecule has 1 aliphatic heterocycles. The maximum Gasteiger partial charge on any atom is 0.255 e. The van der Waals surface area contributed by atoms with Gasteiger partial charge in [0.25, 0.3) is 5.91 Å². The lowest BCUT2D eigenvalue weighted by Gasteiger charge is -2.19. The van der Waals surface area contributed by atoms with Gasteiger partial charge in [0.15, 0.2) is 0 Å². The Bertz CT molecular complexity index is 433. The third-order valence-electron chi connectivity index (χ3n) is 2.85. The predicted molar refractivity (Wildman–Crippen MR) is 62.5 cm³/mol. The Morgan fingerprint density at radius 3 is 2.65 bits per heavy atom. The van der Waals surface area contributed by atoms with E-state index in [0.717, 1.165) is 0 Å². The minimum atomic E-state index is -0.901. The molecule has 1 aromatic carbocycles. The third-order valence-corrected chi connectivity index (χ3v) is 2.85. The first-order valence-corrected chi connectivity index (χ1v) is 5.39. The van der Waals surface area contributed by atoms with Crippen LogP contribution in [0, 0.1) is 0 Å². The molecule has 1 amide bonds. The first kappa shape index (κ1) is 11.7. The fourth-order valence-electron chi connectivity index (χ4n) is 1.91. The molecule has 1 heterocycles. The molecule has 92 valence electrons. The van der Waals surface area contributed by atoms with E-state index < -0.39 is 6.10 Å². The minimum absolute atomic E-state index is 0.284. The molecule has 2 rings (SSSR count). The Labute approximate surface area is 99.6 Å². The summed E-state index contributed by atoms with van der Waals surface area (Å²) in [6.45, 7) is 0.503. The maximum absolute atomic E-state index is 11.7. The van der Waals surface area contributed by atoms with Gasteiger partial charge in [0.2, 0.25) is 0 Å². The van der Waals surface area contributed by atoms with Crippen LogP contribution in [0.3, 0.4) is 0 Å². The van der Waals surface area contributed by atoms with Crippen molar-refractivity contribution >= 4 is 11.6 Å². The molecule has 0 aromatic heterocycles. The number of carbonyl (C=O) groups excluding carboxylic acids is 1. The number of methoxy groups -OCH3 is 2. The largest absolute Gasteiger partial charge is 0.497 e. The molecule has 5 nitrogen and oxygen atoms in total. The summed E-state index contributed by atoms with van der Waals surface area (Å²) in [4.78, 5) is 13.2.